The minimum Gasteiger partial charge on any atom is -0.444 e. The number of nitrogens with zero attached hydrogens (tertiary/aromatic N) is 1. The van der Waals surface area contributed by atoms with Crippen LogP contribution in [0.1, 0.15) is 84.7 Å². The van der Waals surface area contributed by atoms with Gasteiger partial charge < -0.3 is 26.0 Å². The van der Waals surface area contributed by atoms with Gasteiger partial charge in [-0.25, -0.2) is 4.79 Å². The number of primary amides is 1. The van der Waals surface area contributed by atoms with Gasteiger partial charge in [-0.05, 0) is 51.5 Å². The van der Waals surface area contributed by atoms with Crippen LogP contribution in [0, 0.1) is 5.92 Å². The summed E-state index contributed by atoms with van der Waals surface area (Å²) >= 11 is 0. The van der Waals surface area contributed by atoms with E-state index in [1.165, 1.54) is 0 Å². The molecule has 1 fully saturated rings. The van der Waals surface area contributed by atoms with E-state index in [2.05, 4.69) is 17.6 Å². The van der Waals surface area contributed by atoms with E-state index in [-0.39, 0.29) is 30.7 Å². The van der Waals surface area contributed by atoms with E-state index in [0.717, 1.165) is 25.7 Å². The Morgan fingerprint density at radius 3 is 2.31 bits per heavy atom. The van der Waals surface area contributed by atoms with Crippen LogP contribution in [-0.4, -0.2) is 52.9 Å². The van der Waals surface area contributed by atoms with Gasteiger partial charge in [0.05, 0.1) is 0 Å². The summed E-state index contributed by atoms with van der Waals surface area (Å²) in [7, 11) is 0. The molecule has 0 saturated heterocycles. The molecule has 1 saturated carbocycles. The van der Waals surface area contributed by atoms with Gasteiger partial charge in [0.15, 0.2) is 0 Å². The maximum Gasteiger partial charge on any atom is 0.408 e. The minimum atomic E-state index is -1.07. The van der Waals surface area contributed by atoms with E-state index >= 15 is 0 Å². The van der Waals surface area contributed by atoms with Crippen LogP contribution in [0.2, 0.25) is 0 Å². The number of alkyl carbamates (subject to hydrolysis) is 1. The summed E-state index contributed by atoms with van der Waals surface area (Å²) in [5.41, 5.74) is 5.27. The fraction of sp³-hybridized carbons (Fsp3) is 0.630. The summed E-state index contributed by atoms with van der Waals surface area (Å²) < 4.78 is 5.35. The standard InChI is InChI=1S/C27H42N4O5/c1-6-7-11-16-29-24(33)23(19-12-9-8-10-13-19)31(21-17-18(21)2)25(34)20(14-15-22(28)32)30-26(35)36-27(3,4)5/h8-10,12-13,18,20-21,23H,6-7,11,14-17H2,1-5H3,(H2,28,32)(H,29,33)(H,30,35). The lowest BCUT2D eigenvalue weighted by Gasteiger charge is -2.35. The van der Waals surface area contributed by atoms with E-state index in [0.29, 0.717) is 12.1 Å². The first kappa shape index (κ1) is 29.1. The number of carbonyl (C=O) groups is 4. The number of nitrogens with one attached hydrogen (secondary N) is 2. The van der Waals surface area contributed by atoms with Crippen molar-refractivity contribution in [3.63, 3.8) is 0 Å². The molecule has 36 heavy (non-hydrogen) atoms. The van der Waals surface area contributed by atoms with Gasteiger partial charge in [-0.2, -0.15) is 0 Å². The molecule has 0 aromatic heterocycles. The Balaban J connectivity index is 2.39. The lowest BCUT2D eigenvalue weighted by atomic mass is 10.0. The van der Waals surface area contributed by atoms with Crippen molar-refractivity contribution in [1.29, 1.82) is 0 Å². The predicted octanol–water partition coefficient (Wildman–Crippen LogP) is 3.43. The zero-order chi connectivity index (χ0) is 26.9. The van der Waals surface area contributed by atoms with Crippen LogP contribution in [0.4, 0.5) is 4.79 Å². The number of hydrogen-bond acceptors (Lipinski definition) is 5. The van der Waals surface area contributed by atoms with E-state index in [4.69, 9.17) is 10.5 Å². The molecule has 4 atom stereocenters. The molecule has 1 aromatic carbocycles. The molecule has 1 aliphatic rings. The number of unbranched alkanes of at least 4 members (excludes halogenated alkanes) is 2. The second-order valence-corrected chi connectivity index (χ2v) is 10.5. The topological polar surface area (TPSA) is 131 Å². The summed E-state index contributed by atoms with van der Waals surface area (Å²) in [5, 5.41) is 5.61. The van der Waals surface area contributed by atoms with Gasteiger partial charge in [-0.3, -0.25) is 14.4 Å². The van der Waals surface area contributed by atoms with Gasteiger partial charge in [0.2, 0.25) is 17.7 Å². The summed E-state index contributed by atoms with van der Waals surface area (Å²) in [6.45, 7) is 9.79. The fourth-order valence-electron chi connectivity index (χ4n) is 4.10. The fourth-order valence-corrected chi connectivity index (χ4v) is 4.10. The SMILES string of the molecule is CCCCCNC(=O)C(c1ccccc1)N(C(=O)C(CCC(N)=O)NC(=O)OC(C)(C)C)C1CC1C. The number of ether oxygens (including phenoxy) is 1. The van der Waals surface area contributed by atoms with Crippen LogP contribution >= 0.6 is 0 Å². The van der Waals surface area contributed by atoms with Crippen molar-refractivity contribution in [2.24, 2.45) is 11.7 Å². The minimum absolute atomic E-state index is 0.00460. The van der Waals surface area contributed by atoms with Crippen LogP contribution in [0.25, 0.3) is 0 Å². The second-order valence-electron chi connectivity index (χ2n) is 10.5. The summed E-state index contributed by atoms with van der Waals surface area (Å²) in [5.74, 6) is -1.09. The average Bonchev–Trinajstić information content (AvgIpc) is 3.52. The molecule has 2 rings (SSSR count). The molecule has 4 amide bonds. The molecule has 1 aromatic rings. The number of amides is 4. The van der Waals surface area contributed by atoms with Crippen molar-refractivity contribution in [2.45, 2.75) is 96.9 Å². The molecule has 0 heterocycles. The first-order valence-corrected chi connectivity index (χ1v) is 12.9. The largest absolute Gasteiger partial charge is 0.444 e. The number of benzene rings is 1. The highest BCUT2D eigenvalue weighted by molar-refractivity contribution is 5.93. The Kier molecular flexibility index (Phi) is 10.7. The van der Waals surface area contributed by atoms with Gasteiger partial charge in [0, 0.05) is 19.0 Å². The van der Waals surface area contributed by atoms with Crippen molar-refractivity contribution in [3.05, 3.63) is 35.9 Å². The third kappa shape index (κ3) is 9.17. The molecule has 0 aliphatic heterocycles. The molecule has 0 radical (unpaired) electrons. The molecular weight excluding hydrogens is 460 g/mol. The first-order valence-electron chi connectivity index (χ1n) is 12.9. The van der Waals surface area contributed by atoms with Gasteiger partial charge in [-0.15, -0.1) is 0 Å². The van der Waals surface area contributed by atoms with E-state index in [9.17, 15) is 19.2 Å². The normalized spacial score (nSPS) is 18.5. The molecule has 0 bridgehead atoms. The van der Waals surface area contributed by atoms with Crippen LogP contribution in [0.5, 0.6) is 0 Å². The maximum absolute atomic E-state index is 14.0. The summed E-state index contributed by atoms with van der Waals surface area (Å²) in [4.78, 5) is 53.2. The molecule has 200 valence electrons. The lowest BCUT2D eigenvalue weighted by Crippen LogP contribution is -2.54. The Morgan fingerprint density at radius 1 is 1.14 bits per heavy atom. The van der Waals surface area contributed by atoms with Crippen molar-refractivity contribution >= 4 is 23.8 Å². The van der Waals surface area contributed by atoms with Crippen molar-refractivity contribution in [3.8, 4) is 0 Å². The van der Waals surface area contributed by atoms with E-state index in [1.807, 2.05) is 37.3 Å². The number of hydrogen-bond donors (Lipinski definition) is 3. The number of rotatable bonds is 13. The Hall–Kier alpha value is -3.10. The first-order chi connectivity index (χ1) is 16.9. The third-order valence-electron chi connectivity index (χ3n) is 6.07. The zero-order valence-corrected chi connectivity index (χ0v) is 22.2. The van der Waals surface area contributed by atoms with Crippen LogP contribution in [0.15, 0.2) is 30.3 Å². The number of nitrogens with two attached hydrogens (primary N) is 1. The molecule has 9 nitrogen and oxygen atoms in total. The predicted molar refractivity (Wildman–Crippen MR) is 138 cm³/mol. The lowest BCUT2D eigenvalue weighted by molar-refractivity contribution is -0.143. The van der Waals surface area contributed by atoms with Gasteiger partial charge in [0.25, 0.3) is 0 Å². The Bertz CT molecular complexity index is 899. The summed E-state index contributed by atoms with van der Waals surface area (Å²) in [6, 6.07) is 7.05. The van der Waals surface area contributed by atoms with Gasteiger partial charge in [0.1, 0.15) is 17.7 Å². The highest BCUT2D eigenvalue weighted by atomic mass is 16.6. The maximum atomic E-state index is 14.0. The molecule has 4 N–H and O–H groups in total. The molecule has 1 aliphatic carbocycles. The van der Waals surface area contributed by atoms with E-state index < -0.39 is 35.6 Å². The van der Waals surface area contributed by atoms with Crippen LogP contribution < -0.4 is 16.4 Å². The molecule has 4 unspecified atom stereocenters. The highest BCUT2D eigenvalue weighted by Crippen LogP contribution is 2.40. The summed E-state index contributed by atoms with van der Waals surface area (Å²) in [6.07, 6.45) is 2.75. The van der Waals surface area contributed by atoms with Gasteiger partial charge >= 0.3 is 6.09 Å². The quantitative estimate of drug-likeness (QED) is 0.356. The van der Waals surface area contributed by atoms with E-state index in [1.54, 1.807) is 25.7 Å². The smallest absolute Gasteiger partial charge is 0.408 e. The molecular formula is C27H42N4O5. The Labute approximate surface area is 214 Å². The zero-order valence-electron chi connectivity index (χ0n) is 22.2. The third-order valence-corrected chi connectivity index (χ3v) is 6.07. The van der Waals surface area contributed by atoms with Gasteiger partial charge in [-0.1, -0.05) is 57.0 Å². The average molecular weight is 503 g/mol. The van der Waals surface area contributed by atoms with Crippen molar-refractivity contribution in [1.82, 2.24) is 15.5 Å². The van der Waals surface area contributed by atoms with Crippen molar-refractivity contribution < 1.29 is 23.9 Å². The van der Waals surface area contributed by atoms with Crippen molar-refractivity contribution in [2.75, 3.05) is 6.54 Å². The molecule has 0 spiro atoms. The van der Waals surface area contributed by atoms with Crippen LogP contribution in [-0.2, 0) is 19.1 Å². The monoisotopic (exact) mass is 502 g/mol. The van der Waals surface area contributed by atoms with Crippen LogP contribution in [0.3, 0.4) is 0 Å². The Morgan fingerprint density at radius 2 is 1.78 bits per heavy atom. The number of carbonyl (C=O) groups excluding carboxylic acids is 4. The second kappa shape index (κ2) is 13.3. The molecule has 9 heteroatoms. The highest BCUT2D eigenvalue weighted by Gasteiger charge is 2.48.